The van der Waals surface area contributed by atoms with Crippen molar-refractivity contribution in [1.82, 2.24) is 0 Å². The molecule has 0 aliphatic rings. The third kappa shape index (κ3) is 9.44. The van der Waals surface area contributed by atoms with Crippen LogP contribution in [0.4, 0.5) is 5.69 Å². The van der Waals surface area contributed by atoms with Gasteiger partial charge in [0, 0.05) is 5.69 Å². The van der Waals surface area contributed by atoms with Crippen LogP contribution in [0.2, 0.25) is 0 Å². The second kappa shape index (κ2) is 14.3. The summed E-state index contributed by atoms with van der Waals surface area (Å²) in [4.78, 5) is 0. The van der Waals surface area contributed by atoms with E-state index in [4.69, 9.17) is 5.73 Å². The molecule has 0 aliphatic carbocycles. The van der Waals surface area contributed by atoms with E-state index in [2.05, 4.69) is 43.3 Å². The Morgan fingerprint density at radius 3 is 1.54 bits per heavy atom. The van der Waals surface area contributed by atoms with Crippen LogP contribution in [-0.4, -0.2) is 0 Å². The molecule has 1 heteroatoms. The minimum atomic E-state index is 0.955. The molecule has 0 bridgehead atoms. The number of benzene rings is 2. The highest BCUT2D eigenvalue weighted by Crippen LogP contribution is 2.16. The van der Waals surface area contributed by atoms with Crippen LogP contribution in [-0.2, 0) is 19.3 Å². The largest absolute Gasteiger partial charge is 0.399 e. The summed E-state index contributed by atoms with van der Waals surface area (Å²) < 4.78 is 0. The number of nitrogen functional groups attached to an aromatic ring is 1. The van der Waals surface area contributed by atoms with Crippen molar-refractivity contribution in [1.29, 1.82) is 0 Å². The van der Waals surface area contributed by atoms with E-state index >= 15 is 0 Å². The standard InChI is InChI=1S/C27H41N/c1-2-24-20-22-25(23-21-24)16-12-10-8-6-4-3-5-7-9-11-13-17-26-18-14-15-19-27(26)28/h14-15,18-23H,2-13,16-17,28H2,1H3. The number of rotatable bonds is 15. The molecule has 28 heavy (non-hydrogen) atoms. The zero-order valence-electron chi connectivity index (χ0n) is 18.1. The van der Waals surface area contributed by atoms with Gasteiger partial charge in [0.1, 0.15) is 0 Å². The molecule has 2 aromatic carbocycles. The van der Waals surface area contributed by atoms with E-state index in [1.807, 2.05) is 12.1 Å². The number of nitrogens with two attached hydrogens (primary N) is 1. The monoisotopic (exact) mass is 379 g/mol. The maximum absolute atomic E-state index is 6.00. The number of anilines is 1. The Hall–Kier alpha value is -1.76. The minimum absolute atomic E-state index is 0.955. The van der Waals surface area contributed by atoms with E-state index in [0.717, 1.165) is 18.5 Å². The summed E-state index contributed by atoms with van der Waals surface area (Å²) in [7, 11) is 0. The number of unbranched alkanes of at least 4 members (excludes halogenated alkanes) is 10. The maximum Gasteiger partial charge on any atom is 0.0346 e. The highest BCUT2D eigenvalue weighted by Gasteiger charge is 1.98. The van der Waals surface area contributed by atoms with Crippen LogP contribution in [0.5, 0.6) is 0 Å². The van der Waals surface area contributed by atoms with Crippen LogP contribution in [0.1, 0.15) is 94.2 Å². The molecule has 0 amide bonds. The molecule has 0 heterocycles. The van der Waals surface area contributed by atoms with Crippen molar-refractivity contribution in [2.75, 3.05) is 5.73 Å². The highest BCUT2D eigenvalue weighted by molar-refractivity contribution is 5.46. The molecule has 0 aliphatic heterocycles. The van der Waals surface area contributed by atoms with Gasteiger partial charge in [-0.3, -0.25) is 0 Å². The van der Waals surface area contributed by atoms with Gasteiger partial charge in [0.05, 0.1) is 0 Å². The molecule has 1 nitrogen and oxygen atoms in total. The fourth-order valence-corrected chi connectivity index (χ4v) is 3.94. The third-order valence-electron chi connectivity index (χ3n) is 5.90. The lowest BCUT2D eigenvalue weighted by Gasteiger charge is -2.06. The van der Waals surface area contributed by atoms with Crippen LogP contribution in [0, 0.1) is 0 Å². The van der Waals surface area contributed by atoms with Crippen molar-refractivity contribution >= 4 is 5.69 Å². The normalized spacial score (nSPS) is 11.0. The second-order valence-corrected chi connectivity index (χ2v) is 8.26. The minimum Gasteiger partial charge on any atom is -0.399 e. The second-order valence-electron chi connectivity index (χ2n) is 8.26. The average Bonchev–Trinajstić information content (AvgIpc) is 2.73. The van der Waals surface area contributed by atoms with Gasteiger partial charge in [-0.05, 0) is 54.9 Å². The Balaban J connectivity index is 1.34. The molecule has 2 aromatic rings. The van der Waals surface area contributed by atoms with Crippen LogP contribution in [0.15, 0.2) is 48.5 Å². The first kappa shape index (κ1) is 22.5. The van der Waals surface area contributed by atoms with Crippen molar-refractivity contribution in [3.8, 4) is 0 Å². The Labute approximate surface area is 173 Å². The molecule has 2 rings (SSSR count). The SMILES string of the molecule is CCc1ccc(CCCCCCCCCCCCCc2ccccc2N)cc1. The van der Waals surface area contributed by atoms with Gasteiger partial charge in [0.2, 0.25) is 0 Å². The van der Waals surface area contributed by atoms with E-state index in [1.54, 1.807) is 0 Å². The van der Waals surface area contributed by atoms with E-state index < -0.39 is 0 Å². The van der Waals surface area contributed by atoms with E-state index in [0.29, 0.717) is 0 Å². The van der Waals surface area contributed by atoms with Crippen LogP contribution >= 0.6 is 0 Å². The van der Waals surface area contributed by atoms with Gasteiger partial charge in [0.25, 0.3) is 0 Å². The lowest BCUT2D eigenvalue weighted by molar-refractivity contribution is 0.545. The van der Waals surface area contributed by atoms with Crippen LogP contribution in [0.3, 0.4) is 0 Å². The molecule has 0 fully saturated rings. The van der Waals surface area contributed by atoms with Crippen molar-refractivity contribution < 1.29 is 0 Å². The number of hydrogen-bond acceptors (Lipinski definition) is 1. The molecule has 0 spiro atoms. The van der Waals surface area contributed by atoms with E-state index in [9.17, 15) is 0 Å². The Morgan fingerprint density at radius 2 is 1.00 bits per heavy atom. The average molecular weight is 380 g/mol. The van der Waals surface area contributed by atoms with E-state index in [1.165, 1.54) is 93.7 Å². The fraction of sp³-hybridized carbons (Fsp3) is 0.556. The molecule has 154 valence electrons. The fourth-order valence-electron chi connectivity index (χ4n) is 3.94. The first-order chi connectivity index (χ1) is 13.8. The summed E-state index contributed by atoms with van der Waals surface area (Å²) in [6.07, 6.45) is 18.7. The highest BCUT2D eigenvalue weighted by atomic mass is 14.6. The van der Waals surface area contributed by atoms with E-state index in [-0.39, 0.29) is 0 Å². The first-order valence-electron chi connectivity index (χ1n) is 11.7. The van der Waals surface area contributed by atoms with Gasteiger partial charge in [-0.1, -0.05) is 107 Å². The Bertz CT molecular complexity index is 629. The number of para-hydroxylation sites is 1. The molecular weight excluding hydrogens is 338 g/mol. The number of aryl methyl sites for hydroxylation is 3. The van der Waals surface area contributed by atoms with Crippen molar-refractivity contribution in [2.45, 2.75) is 96.8 Å². The molecule has 0 unspecified atom stereocenters. The van der Waals surface area contributed by atoms with Gasteiger partial charge in [0.15, 0.2) is 0 Å². The Kier molecular flexibility index (Phi) is 11.5. The lowest BCUT2D eigenvalue weighted by atomic mass is 10.0. The summed E-state index contributed by atoms with van der Waals surface area (Å²) in [6.45, 7) is 2.22. The molecule has 0 radical (unpaired) electrons. The van der Waals surface area contributed by atoms with Crippen molar-refractivity contribution in [2.24, 2.45) is 0 Å². The summed E-state index contributed by atoms with van der Waals surface area (Å²) in [5, 5.41) is 0. The molecule has 0 atom stereocenters. The van der Waals surface area contributed by atoms with Crippen molar-refractivity contribution in [3.63, 3.8) is 0 Å². The predicted octanol–water partition coefficient (Wildman–Crippen LogP) is 7.91. The molecule has 0 saturated carbocycles. The zero-order valence-corrected chi connectivity index (χ0v) is 18.1. The van der Waals surface area contributed by atoms with Gasteiger partial charge in [-0.2, -0.15) is 0 Å². The maximum atomic E-state index is 6.00. The Morgan fingerprint density at radius 1 is 0.536 bits per heavy atom. The van der Waals surface area contributed by atoms with Gasteiger partial charge in [-0.25, -0.2) is 0 Å². The summed E-state index contributed by atoms with van der Waals surface area (Å²) in [5.74, 6) is 0. The predicted molar refractivity (Wildman–Crippen MR) is 125 cm³/mol. The third-order valence-corrected chi connectivity index (χ3v) is 5.90. The van der Waals surface area contributed by atoms with Gasteiger partial charge in [-0.15, -0.1) is 0 Å². The summed E-state index contributed by atoms with van der Waals surface area (Å²) >= 11 is 0. The smallest absolute Gasteiger partial charge is 0.0346 e. The quantitative estimate of drug-likeness (QED) is 0.247. The molecular formula is C27H41N. The van der Waals surface area contributed by atoms with Crippen LogP contribution < -0.4 is 5.73 Å². The molecule has 0 aromatic heterocycles. The summed E-state index contributed by atoms with van der Waals surface area (Å²) in [5.41, 5.74) is 11.2. The topological polar surface area (TPSA) is 26.0 Å². The van der Waals surface area contributed by atoms with Crippen molar-refractivity contribution in [3.05, 3.63) is 65.2 Å². The first-order valence-corrected chi connectivity index (χ1v) is 11.7. The summed E-state index contributed by atoms with van der Waals surface area (Å²) in [6, 6.07) is 17.5. The number of hydrogen-bond donors (Lipinski definition) is 1. The van der Waals surface area contributed by atoms with Gasteiger partial charge < -0.3 is 5.73 Å². The molecule has 2 N–H and O–H groups in total. The van der Waals surface area contributed by atoms with Crippen LogP contribution in [0.25, 0.3) is 0 Å². The molecule has 0 saturated heterocycles. The van der Waals surface area contributed by atoms with Gasteiger partial charge >= 0.3 is 0 Å². The zero-order chi connectivity index (χ0) is 19.9. The lowest BCUT2D eigenvalue weighted by Crippen LogP contribution is -1.93.